The molecule has 0 atom stereocenters. The van der Waals surface area contributed by atoms with Crippen LogP contribution in [0.2, 0.25) is 5.02 Å². The van der Waals surface area contributed by atoms with E-state index in [9.17, 15) is 4.79 Å². The second kappa shape index (κ2) is 7.84. The van der Waals surface area contributed by atoms with Crippen molar-refractivity contribution in [3.8, 4) is 5.75 Å². The minimum atomic E-state index is -0.0495. The number of aromatic nitrogens is 2. The molecule has 6 heteroatoms. The molecule has 5 nitrogen and oxygen atoms in total. The van der Waals surface area contributed by atoms with Crippen LogP contribution in [0.25, 0.3) is 0 Å². The number of hydrogen-bond acceptors (Lipinski definition) is 3. The molecule has 0 aliphatic carbocycles. The van der Waals surface area contributed by atoms with Crippen LogP contribution in [0.3, 0.4) is 0 Å². The van der Waals surface area contributed by atoms with E-state index in [1.807, 2.05) is 32.0 Å². The lowest BCUT2D eigenvalue weighted by molar-refractivity contribution is -0.120. The zero-order valence-electron chi connectivity index (χ0n) is 12.8. The Morgan fingerprint density at radius 2 is 2.23 bits per heavy atom. The summed E-state index contributed by atoms with van der Waals surface area (Å²) in [6, 6.07) is 7.39. The van der Waals surface area contributed by atoms with E-state index in [2.05, 4.69) is 15.5 Å². The van der Waals surface area contributed by atoms with Crippen molar-refractivity contribution in [2.75, 3.05) is 13.2 Å². The van der Waals surface area contributed by atoms with E-state index in [1.54, 1.807) is 6.07 Å². The summed E-state index contributed by atoms with van der Waals surface area (Å²) in [6.07, 6.45) is 0.944. The summed E-state index contributed by atoms with van der Waals surface area (Å²) in [6.45, 7) is 4.97. The number of aryl methyl sites for hydroxylation is 1. The molecule has 2 rings (SSSR count). The number of ether oxygens (including phenoxy) is 1. The summed E-state index contributed by atoms with van der Waals surface area (Å²) in [5.74, 6) is 0.760. The number of rotatable bonds is 7. The van der Waals surface area contributed by atoms with E-state index in [-0.39, 0.29) is 12.3 Å². The Bertz CT molecular complexity index is 640. The van der Waals surface area contributed by atoms with E-state index in [0.29, 0.717) is 24.6 Å². The number of hydrogen-bond donors (Lipinski definition) is 2. The van der Waals surface area contributed by atoms with Gasteiger partial charge in [-0.05, 0) is 50.1 Å². The average molecular weight is 322 g/mol. The minimum absolute atomic E-state index is 0.0495. The van der Waals surface area contributed by atoms with Gasteiger partial charge in [0.15, 0.2) is 0 Å². The molecule has 1 aromatic heterocycles. The summed E-state index contributed by atoms with van der Waals surface area (Å²) in [7, 11) is 0. The molecule has 22 heavy (non-hydrogen) atoms. The zero-order valence-corrected chi connectivity index (χ0v) is 13.5. The third-order valence-corrected chi connectivity index (χ3v) is 3.37. The predicted molar refractivity (Wildman–Crippen MR) is 86.4 cm³/mol. The smallest absolute Gasteiger partial charge is 0.226 e. The molecule has 0 saturated carbocycles. The first kappa shape index (κ1) is 16.4. The standard InChI is InChI=1S/C16H20ClN3O2/c1-3-22-15-5-4-13(17)9-12(15)6-7-18-16(21)10-14-8-11(2)19-20-14/h4-5,8-9H,3,6-7,10H2,1-2H3,(H,18,21)(H,19,20). The van der Waals surface area contributed by atoms with Crippen LogP contribution in [0.4, 0.5) is 0 Å². The maximum absolute atomic E-state index is 11.9. The molecule has 2 N–H and O–H groups in total. The fourth-order valence-electron chi connectivity index (χ4n) is 2.17. The largest absolute Gasteiger partial charge is 0.494 e. The first-order valence-electron chi connectivity index (χ1n) is 7.27. The molecule has 0 fully saturated rings. The highest BCUT2D eigenvalue weighted by Gasteiger charge is 2.08. The quantitative estimate of drug-likeness (QED) is 0.824. The summed E-state index contributed by atoms with van der Waals surface area (Å²) in [4.78, 5) is 11.9. The zero-order chi connectivity index (χ0) is 15.9. The SMILES string of the molecule is CCOc1ccc(Cl)cc1CCNC(=O)Cc1cc(C)[nH]n1. The fourth-order valence-corrected chi connectivity index (χ4v) is 2.36. The van der Waals surface area contributed by atoms with Crippen molar-refractivity contribution in [3.63, 3.8) is 0 Å². The van der Waals surface area contributed by atoms with Crippen molar-refractivity contribution in [3.05, 3.63) is 46.2 Å². The van der Waals surface area contributed by atoms with Gasteiger partial charge in [-0.25, -0.2) is 0 Å². The first-order chi connectivity index (χ1) is 10.6. The Morgan fingerprint density at radius 3 is 2.91 bits per heavy atom. The second-order valence-electron chi connectivity index (χ2n) is 5.00. The first-order valence-corrected chi connectivity index (χ1v) is 7.65. The van der Waals surface area contributed by atoms with Crippen molar-refractivity contribution in [1.29, 1.82) is 0 Å². The molecule has 0 radical (unpaired) electrons. The van der Waals surface area contributed by atoms with Gasteiger partial charge in [0, 0.05) is 17.3 Å². The molecular formula is C16H20ClN3O2. The van der Waals surface area contributed by atoms with Gasteiger partial charge in [0.1, 0.15) is 5.75 Å². The summed E-state index contributed by atoms with van der Waals surface area (Å²) >= 11 is 6.01. The molecule has 0 spiro atoms. The molecule has 1 amide bonds. The molecule has 0 unspecified atom stereocenters. The number of benzene rings is 1. The van der Waals surface area contributed by atoms with Crippen LogP contribution in [-0.2, 0) is 17.6 Å². The molecule has 0 bridgehead atoms. The van der Waals surface area contributed by atoms with Gasteiger partial charge >= 0.3 is 0 Å². The average Bonchev–Trinajstić information content (AvgIpc) is 2.87. The topological polar surface area (TPSA) is 67.0 Å². The van der Waals surface area contributed by atoms with Crippen LogP contribution in [0, 0.1) is 6.92 Å². The highest BCUT2D eigenvalue weighted by molar-refractivity contribution is 6.30. The van der Waals surface area contributed by atoms with Gasteiger partial charge in [-0.2, -0.15) is 5.10 Å². The molecular weight excluding hydrogens is 302 g/mol. The number of H-pyrrole nitrogens is 1. The van der Waals surface area contributed by atoms with E-state index < -0.39 is 0 Å². The summed E-state index contributed by atoms with van der Waals surface area (Å²) < 4.78 is 5.56. The van der Waals surface area contributed by atoms with Gasteiger partial charge in [-0.3, -0.25) is 9.89 Å². The number of carbonyl (C=O) groups excluding carboxylic acids is 1. The van der Waals surface area contributed by atoms with Gasteiger partial charge in [-0.1, -0.05) is 11.6 Å². The molecule has 0 aliphatic rings. The van der Waals surface area contributed by atoms with Crippen LogP contribution in [0.1, 0.15) is 23.9 Å². The molecule has 2 aromatic rings. The number of nitrogens with zero attached hydrogens (tertiary/aromatic N) is 1. The van der Waals surface area contributed by atoms with Crippen LogP contribution in [0.15, 0.2) is 24.3 Å². The second-order valence-corrected chi connectivity index (χ2v) is 5.44. The Balaban J connectivity index is 1.85. The molecule has 0 saturated heterocycles. The van der Waals surface area contributed by atoms with Gasteiger partial charge in [0.2, 0.25) is 5.91 Å². The Labute approximate surface area is 135 Å². The van der Waals surface area contributed by atoms with Gasteiger partial charge in [0.05, 0.1) is 18.7 Å². The Hall–Kier alpha value is -2.01. The van der Waals surface area contributed by atoms with E-state index in [0.717, 1.165) is 22.7 Å². The van der Waals surface area contributed by atoms with Crippen molar-refractivity contribution in [1.82, 2.24) is 15.5 Å². The normalized spacial score (nSPS) is 10.5. The molecule has 1 aromatic carbocycles. The van der Waals surface area contributed by atoms with Crippen molar-refractivity contribution < 1.29 is 9.53 Å². The maximum Gasteiger partial charge on any atom is 0.226 e. The Morgan fingerprint density at radius 1 is 1.41 bits per heavy atom. The lowest BCUT2D eigenvalue weighted by Crippen LogP contribution is -2.27. The fraction of sp³-hybridized carbons (Fsp3) is 0.375. The number of nitrogens with one attached hydrogen (secondary N) is 2. The van der Waals surface area contributed by atoms with Crippen LogP contribution in [-0.4, -0.2) is 29.3 Å². The third kappa shape index (κ3) is 4.77. The van der Waals surface area contributed by atoms with Crippen molar-refractivity contribution >= 4 is 17.5 Å². The van der Waals surface area contributed by atoms with Gasteiger partial charge in [0.25, 0.3) is 0 Å². The van der Waals surface area contributed by atoms with Gasteiger partial charge in [-0.15, -0.1) is 0 Å². The van der Waals surface area contributed by atoms with Crippen molar-refractivity contribution in [2.24, 2.45) is 0 Å². The number of halogens is 1. The van der Waals surface area contributed by atoms with Crippen LogP contribution < -0.4 is 10.1 Å². The van der Waals surface area contributed by atoms with E-state index >= 15 is 0 Å². The highest BCUT2D eigenvalue weighted by atomic mass is 35.5. The number of amides is 1. The lowest BCUT2D eigenvalue weighted by atomic mass is 10.1. The summed E-state index contributed by atoms with van der Waals surface area (Å²) in [5.41, 5.74) is 2.68. The lowest BCUT2D eigenvalue weighted by Gasteiger charge is -2.11. The number of carbonyl (C=O) groups is 1. The molecule has 118 valence electrons. The van der Waals surface area contributed by atoms with Crippen LogP contribution in [0.5, 0.6) is 5.75 Å². The maximum atomic E-state index is 11.9. The Kier molecular flexibility index (Phi) is 5.83. The predicted octanol–water partition coefficient (Wildman–Crippen LogP) is 2.67. The molecule has 0 aliphatic heterocycles. The number of aromatic amines is 1. The van der Waals surface area contributed by atoms with E-state index in [1.165, 1.54) is 0 Å². The minimum Gasteiger partial charge on any atom is -0.494 e. The van der Waals surface area contributed by atoms with E-state index in [4.69, 9.17) is 16.3 Å². The van der Waals surface area contributed by atoms with Gasteiger partial charge < -0.3 is 10.1 Å². The van der Waals surface area contributed by atoms with Crippen LogP contribution >= 0.6 is 11.6 Å². The summed E-state index contributed by atoms with van der Waals surface area (Å²) in [5, 5.41) is 10.4. The van der Waals surface area contributed by atoms with Crippen molar-refractivity contribution in [2.45, 2.75) is 26.7 Å². The molecule has 1 heterocycles. The third-order valence-electron chi connectivity index (χ3n) is 3.14. The monoisotopic (exact) mass is 321 g/mol. The highest BCUT2D eigenvalue weighted by Crippen LogP contribution is 2.23.